The van der Waals surface area contributed by atoms with Crippen molar-refractivity contribution >= 4 is 11.6 Å². The summed E-state index contributed by atoms with van der Waals surface area (Å²) >= 11 is 0. The van der Waals surface area contributed by atoms with Gasteiger partial charge < -0.3 is 15.5 Å². The smallest absolute Gasteiger partial charge is 0.255 e. The Labute approximate surface area is 181 Å². The van der Waals surface area contributed by atoms with Gasteiger partial charge in [-0.1, -0.05) is 60.7 Å². The number of rotatable bonds is 5. The molecule has 0 radical (unpaired) electrons. The number of anilines is 1. The molecule has 154 valence electrons. The van der Waals surface area contributed by atoms with Crippen LogP contribution in [-0.4, -0.2) is 16.1 Å². The molecule has 4 aromatic carbocycles. The Balaban J connectivity index is 1.80. The molecular weight excluding hydrogens is 386 g/mol. The fraction of sp³-hybridized carbons (Fsp3) is 0.0741. The van der Waals surface area contributed by atoms with Crippen molar-refractivity contribution in [2.45, 2.75) is 12.8 Å². The topological polar surface area (TPSA) is 69.6 Å². The van der Waals surface area contributed by atoms with Gasteiger partial charge in [0.2, 0.25) is 0 Å². The molecule has 0 unspecified atom stereocenters. The SMILES string of the molecule is Cc1ccccc1NC(=O)c1ccccc1C(c1ccc(O)cc1)c1ccc(O)cc1. The largest absolute Gasteiger partial charge is 0.508 e. The number of phenolic OH excluding ortho intramolecular Hbond substituents is 2. The van der Waals surface area contributed by atoms with Crippen molar-refractivity contribution in [1.82, 2.24) is 0 Å². The quantitative estimate of drug-likeness (QED) is 0.363. The van der Waals surface area contributed by atoms with Gasteiger partial charge in [-0.15, -0.1) is 0 Å². The van der Waals surface area contributed by atoms with E-state index < -0.39 is 0 Å². The van der Waals surface area contributed by atoms with Crippen LogP contribution in [0.5, 0.6) is 11.5 Å². The van der Waals surface area contributed by atoms with Crippen molar-refractivity contribution in [2.75, 3.05) is 5.32 Å². The van der Waals surface area contributed by atoms with Crippen molar-refractivity contribution in [1.29, 1.82) is 0 Å². The van der Waals surface area contributed by atoms with Crippen LogP contribution in [0.2, 0.25) is 0 Å². The van der Waals surface area contributed by atoms with E-state index in [1.54, 1.807) is 24.3 Å². The van der Waals surface area contributed by atoms with E-state index in [2.05, 4.69) is 5.32 Å². The highest BCUT2D eigenvalue weighted by molar-refractivity contribution is 6.06. The molecule has 0 fully saturated rings. The first-order valence-electron chi connectivity index (χ1n) is 10.1. The second kappa shape index (κ2) is 8.76. The molecule has 0 aliphatic heterocycles. The Bertz CT molecular complexity index is 1150. The normalized spacial score (nSPS) is 10.8. The number of nitrogens with one attached hydrogen (secondary N) is 1. The fourth-order valence-electron chi connectivity index (χ4n) is 3.74. The van der Waals surface area contributed by atoms with Gasteiger partial charge in [0, 0.05) is 17.2 Å². The number of carbonyl (C=O) groups excluding carboxylic acids is 1. The van der Waals surface area contributed by atoms with E-state index in [0.29, 0.717) is 5.56 Å². The van der Waals surface area contributed by atoms with Gasteiger partial charge in [0.15, 0.2) is 0 Å². The van der Waals surface area contributed by atoms with Crippen molar-refractivity contribution in [2.24, 2.45) is 0 Å². The molecule has 0 spiro atoms. The Hall–Kier alpha value is -4.05. The number of benzene rings is 4. The molecular formula is C27H23NO3. The van der Waals surface area contributed by atoms with Gasteiger partial charge in [-0.25, -0.2) is 0 Å². The molecule has 4 rings (SSSR count). The molecule has 1 amide bonds. The summed E-state index contributed by atoms with van der Waals surface area (Å²) in [6.45, 7) is 1.96. The Kier molecular flexibility index (Phi) is 5.72. The molecule has 4 heteroatoms. The minimum atomic E-state index is -0.250. The van der Waals surface area contributed by atoms with Crippen LogP contribution in [0.15, 0.2) is 97.1 Å². The van der Waals surface area contributed by atoms with Gasteiger partial charge in [0.25, 0.3) is 5.91 Å². The van der Waals surface area contributed by atoms with Crippen LogP contribution in [0, 0.1) is 6.92 Å². The minimum absolute atomic E-state index is 0.179. The van der Waals surface area contributed by atoms with E-state index in [-0.39, 0.29) is 23.3 Å². The molecule has 0 bridgehead atoms. The zero-order chi connectivity index (χ0) is 21.8. The number of aryl methyl sites for hydroxylation is 1. The fourth-order valence-corrected chi connectivity index (χ4v) is 3.74. The van der Waals surface area contributed by atoms with E-state index in [9.17, 15) is 15.0 Å². The first kappa shape index (κ1) is 20.2. The molecule has 4 aromatic rings. The van der Waals surface area contributed by atoms with Crippen LogP contribution in [0.4, 0.5) is 5.69 Å². The predicted octanol–water partition coefficient (Wildman–Crippen LogP) is 5.84. The van der Waals surface area contributed by atoms with Crippen molar-refractivity contribution in [3.05, 3.63) is 125 Å². The van der Waals surface area contributed by atoms with Gasteiger partial charge in [-0.2, -0.15) is 0 Å². The Morgan fingerprint density at radius 1 is 0.710 bits per heavy atom. The van der Waals surface area contributed by atoms with Crippen LogP contribution < -0.4 is 5.32 Å². The first-order chi connectivity index (χ1) is 15.0. The lowest BCUT2D eigenvalue weighted by molar-refractivity contribution is 0.102. The van der Waals surface area contributed by atoms with Gasteiger partial charge >= 0.3 is 0 Å². The summed E-state index contributed by atoms with van der Waals surface area (Å²) in [6.07, 6.45) is 0. The van der Waals surface area contributed by atoms with E-state index in [1.165, 1.54) is 0 Å². The van der Waals surface area contributed by atoms with Gasteiger partial charge in [0.1, 0.15) is 11.5 Å². The predicted molar refractivity (Wildman–Crippen MR) is 123 cm³/mol. The number of aromatic hydroxyl groups is 2. The van der Waals surface area contributed by atoms with E-state index in [4.69, 9.17) is 0 Å². The summed E-state index contributed by atoms with van der Waals surface area (Å²) in [5, 5.41) is 22.5. The minimum Gasteiger partial charge on any atom is -0.508 e. The van der Waals surface area contributed by atoms with Crippen LogP contribution in [0.1, 0.15) is 38.5 Å². The van der Waals surface area contributed by atoms with Crippen LogP contribution >= 0.6 is 0 Å². The summed E-state index contributed by atoms with van der Waals surface area (Å²) in [7, 11) is 0. The molecule has 0 heterocycles. The first-order valence-corrected chi connectivity index (χ1v) is 10.1. The zero-order valence-electron chi connectivity index (χ0n) is 17.1. The van der Waals surface area contributed by atoms with E-state index in [1.807, 2.05) is 79.7 Å². The lowest BCUT2D eigenvalue weighted by atomic mass is 9.82. The lowest BCUT2D eigenvalue weighted by Crippen LogP contribution is -2.17. The number of para-hydroxylation sites is 1. The van der Waals surface area contributed by atoms with Gasteiger partial charge in [0.05, 0.1) is 0 Å². The van der Waals surface area contributed by atoms with Gasteiger partial charge in [-0.3, -0.25) is 4.79 Å². The Morgan fingerprint density at radius 3 is 1.81 bits per heavy atom. The van der Waals surface area contributed by atoms with Crippen LogP contribution in [0.3, 0.4) is 0 Å². The second-order valence-electron chi connectivity index (χ2n) is 7.47. The molecule has 31 heavy (non-hydrogen) atoms. The summed E-state index contributed by atoms with van der Waals surface area (Å²) < 4.78 is 0. The highest BCUT2D eigenvalue weighted by Crippen LogP contribution is 2.35. The molecule has 0 saturated heterocycles. The molecule has 4 nitrogen and oxygen atoms in total. The maximum atomic E-state index is 13.3. The monoisotopic (exact) mass is 409 g/mol. The average Bonchev–Trinajstić information content (AvgIpc) is 2.78. The van der Waals surface area contributed by atoms with Crippen LogP contribution in [0.25, 0.3) is 0 Å². The van der Waals surface area contributed by atoms with Crippen LogP contribution in [-0.2, 0) is 0 Å². The highest BCUT2D eigenvalue weighted by atomic mass is 16.3. The van der Waals surface area contributed by atoms with Crippen molar-refractivity contribution in [3.63, 3.8) is 0 Å². The summed E-state index contributed by atoms with van der Waals surface area (Å²) in [6, 6.07) is 29.1. The summed E-state index contributed by atoms with van der Waals surface area (Å²) in [5.74, 6) is -0.0787. The average molecular weight is 409 g/mol. The van der Waals surface area contributed by atoms with Crippen molar-refractivity contribution < 1.29 is 15.0 Å². The molecule has 0 aromatic heterocycles. The highest BCUT2D eigenvalue weighted by Gasteiger charge is 2.23. The third kappa shape index (κ3) is 4.43. The maximum absolute atomic E-state index is 13.3. The number of phenols is 2. The number of carbonyl (C=O) groups is 1. The number of hydrogen-bond donors (Lipinski definition) is 3. The molecule has 0 saturated carbocycles. The second-order valence-corrected chi connectivity index (χ2v) is 7.47. The van der Waals surface area contributed by atoms with E-state index in [0.717, 1.165) is 27.9 Å². The summed E-state index contributed by atoms with van der Waals surface area (Å²) in [4.78, 5) is 13.3. The number of amides is 1. The standard InChI is InChI=1S/C27H23NO3/c1-18-6-2-5-9-25(18)28-27(31)24-8-4-3-7-23(24)26(19-10-14-21(29)15-11-19)20-12-16-22(30)17-13-20/h2-17,26,29-30H,1H3,(H,28,31). The summed E-state index contributed by atoms with van der Waals surface area (Å²) in [5.41, 5.74) is 5.02. The van der Waals surface area contributed by atoms with Gasteiger partial charge in [-0.05, 0) is 65.6 Å². The molecule has 3 N–H and O–H groups in total. The van der Waals surface area contributed by atoms with Crippen molar-refractivity contribution in [3.8, 4) is 11.5 Å². The molecule has 0 atom stereocenters. The third-order valence-corrected chi connectivity index (χ3v) is 5.36. The zero-order valence-corrected chi connectivity index (χ0v) is 17.1. The van der Waals surface area contributed by atoms with E-state index >= 15 is 0 Å². The third-order valence-electron chi connectivity index (χ3n) is 5.36. The molecule has 0 aliphatic carbocycles. The maximum Gasteiger partial charge on any atom is 0.255 e. The lowest BCUT2D eigenvalue weighted by Gasteiger charge is -2.22. The molecule has 0 aliphatic rings. The Morgan fingerprint density at radius 2 is 1.23 bits per heavy atom. The number of hydrogen-bond acceptors (Lipinski definition) is 3.